The first kappa shape index (κ1) is 29.9. The number of halogens is 2. The molecule has 2 aromatic carbocycles. The molecule has 1 aliphatic heterocycles. The normalized spacial score (nSPS) is 16.6. The zero-order valence-corrected chi connectivity index (χ0v) is 24.9. The average molecular weight is 623 g/mol. The maximum Gasteiger partial charge on any atom is 0.411 e. The lowest BCUT2D eigenvalue weighted by Crippen LogP contribution is -2.30. The molecule has 43 heavy (non-hydrogen) atoms. The number of nitrogens with zero attached hydrogens (tertiary/aromatic N) is 3. The highest BCUT2D eigenvalue weighted by molar-refractivity contribution is 6.43. The zero-order valence-electron chi connectivity index (χ0n) is 23.4. The number of nitrogens with two attached hydrogens (primary N) is 1. The number of methoxy groups -OCH3 is 1. The Balaban J connectivity index is 1.48. The monoisotopic (exact) mass is 621 g/mol. The largest absolute Gasteiger partial charge is 0.453 e. The molecule has 11 nitrogen and oxygen atoms in total. The maximum atomic E-state index is 13.5. The highest BCUT2D eigenvalue weighted by Gasteiger charge is 2.25. The average Bonchev–Trinajstić information content (AvgIpc) is 3.38. The van der Waals surface area contributed by atoms with Gasteiger partial charge in [0.1, 0.15) is 11.4 Å². The van der Waals surface area contributed by atoms with Crippen molar-refractivity contribution < 1.29 is 19.1 Å². The minimum absolute atomic E-state index is 0.104. The van der Waals surface area contributed by atoms with E-state index in [-0.39, 0.29) is 28.2 Å². The smallest absolute Gasteiger partial charge is 0.411 e. The van der Waals surface area contributed by atoms with E-state index < -0.39 is 18.0 Å². The highest BCUT2D eigenvalue weighted by atomic mass is 35.5. The van der Waals surface area contributed by atoms with Crippen LogP contribution in [-0.4, -0.2) is 39.8 Å². The molecule has 2 bridgehead atoms. The molecule has 13 heteroatoms. The first-order chi connectivity index (χ1) is 20.7. The van der Waals surface area contributed by atoms with Crippen LogP contribution in [0.2, 0.25) is 10.0 Å². The van der Waals surface area contributed by atoms with Gasteiger partial charge in [-0.1, -0.05) is 48.7 Å². The lowest BCUT2D eigenvalue weighted by molar-refractivity contribution is -0.119. The zero-order chi connectivity index (χ0) is 30.7. The second-order valence-corrected chi connectivity index (χ2v) is 10.9. The number of pyridine rings is 1. The summed E-state index contributed by atoms with van der Waals surface area (Å²) in [5.74, 6) is -0.807. The Hall–Kier alpha value is -4.61. The Morgan fingerprint density at radius 3 is 2.74 bits per heavy atom. The SMILES string of the molecule is COC(=O)Nc1ccc2c(c1)NC(=O)[C@H](C)CCC[C@H](NC(=O)c1cnn(-c3cccc(Cl)c3Cl)c1N)c1cc-2ccn1. The Labute approximate surface area is 257 Å². The van der Waals surface area contributed by atoms with E-state index in [4.69, 9.17) is 33.7 Å². The van der Waals surface area contributed by atoms with Gasteiger partial charge in [0.25, 0.3) is 5.91 Å². The molecule has 4 aromatic rings. The minimum Gasteiger partial charge on any atom is -0.453 e. The van der Waals surface area contributed by atoms with Crippen LogP contribution in [0.3, 0.4) is 0 Å². The van der Waals surface area contributed by atoms with Crippen LogP contribution in [0.15, 0.2) is 60.9 Å². The standard InChI is InChI=1S/C30H29Cl2N7O4/c1-16-5-3-7-22(37-29(41)20-15-35-39(27(20)33)25-8-4-6-21(31)26(25)32)24-13-17(11-12-34-24)19-10-9-18(36-30(42)43-2)14-23(19)38-28(16)40/h4,6,8-16,22H,3,5,7,33H2,1-2H3,(H,36,42)(H,37,41)(H,38,40)/t16-,22+/m1/s1. The third-order valence-electron chi connectivity index (χ3n) is 7.25. The van der Waals surface area contributed by atoms with Crippen molar-refractivity contribution >= 4 is 58.3 Å². The van der Waals surface area contributed by atoms with Crippen molar-refractivity contribution in [2.75, 3.05) is 23.5 Å². The number of hydrogen-bond acceptors (Lipinski definition) is 7. The van der Waals surface area contributed by atoms with Crippen LogP contribution in [0.1, 0.15) is 48.3 Å². The summed E-state index contributed by atoms with van der Waals surface area (Å²) >= 11 is 12.5. The third-order valence-corrected chi connectivity index (χ3v) is 8.06. The fourth-order valence-electron chi connectivity index (χ4n) is 4.88. The number of nitrogens with one attached hydrogen (secondary N) is 3. The summed E-state index contributed by atoms with van der Waals surface area (Å²) in [6, 6.07) is 13.4. The molecule has 222 valence electrons. The number of carbonyl (C=O) groups is 3. The summed E-state index contributed by atoms with van der Waals surface area (Å²) in [4.78, 5) is 43.0. The van der Waals surface area contributed by atoms with Crippen molar-refractivity contribution in [1.29, 1.82) is 0 Å². The predicted molar refractivity (Wildman–Crippen MR) is 166 cm³/mol. The fourth-order valence-corrected chi connectivity index (χ4v) is 5.25. The number of benzene rings is 2. The fraction of sp³-hybridized carbons (Fsp3) is 0.233. The van der Waals surface area contributed by atoms with Crippen molar-refractivity contribution in [3.8, 4) is 16.8 Å². The van der Waals surface area contributed by atoms with E-state index in [1.807, 2.05) is 19.1 Å². The molecule has 0 fully saturated rings. The molecular formula is C30H29Cl2N7O4. The number of carbonyl (C=O) groups excluding carboxylic acids is 3. The van der Waals surface area contributed by atoms with Gasteiger partial charge in [0, 0.05) is 23.4 Å². The van der Waals surface area contributed by atoms with Crippen molar-refractivity contribution in [3.63, 3.8) is 0 Å². The molecule has 0 unspecified atom stereocenters. The van der Waals surface area contributed by atoms with Crippen LogP contribution in [0.4, 0.5) is 22.0 Å². The number of fused-ring (bicyclic) bond motifs is 4. The molecular weight excluding hydrogens is 593 g/mol. The predicted octanol–water partition coefficient (Wildman–Crippen LogP) is 6.23. The van der Waals surface area contributed by atoms with Gasteiger partial charge in [0.05, 0.1) is 46.5 Å². The van der Waals surface area contributed by atoms with Gasteiger partial charge in [0.2, 0.25) is 5.91 Å². The van der Waals surface area contributed by atoms with Crippen LogP contribution in [0.25, 0.3) is 16.8 Å². The number of rotatable bonds is 4. The van der Waals surface area contributed by atoms with Crippen molar-refractivity contribution in [1.82, 2.24) is 20.1 Å². The third kappa shape index (κ3) is 6.42. The first-order valence-corrected chi connectivity index (χ1v) is 14.3. The van der Waals surface area contributed by atoms with Gasteiger partial charge in [-0.2, -0.15) is 5.10 Å². The summed E-state index contributed by atoms with van der Waals surface area (Å²) in [5, 5.41) is 13.6. The van der Waals surface area contributed by atoms with E-state index in [0.29, 0.717) is 52.6 Å². The summed E-state index contributed by atoms with van der Waals surface area (Å²) in [5.41, 5.74) is 10.1. The summed E-state index contributed by atoms with van der Waals surface area (Å²) in [6.45, 7) is 1.85. The summed E-state index contributed by atoms with van der Waals surface area (Å²) in [6.07, 6.45) is 4.14. The molecule has 1 aliphatic rings. The van der Waals surface area contributed by atoms with Crippen LogP contribution in [0.5, 0.6) is 0 Å². The van der Waals surface area contributed by atoms with E-state index >= 15 is 0 Å². The molecule has 0 saturated carbocycles. The van der Waals surface area contributed by atoms with Crippen molar-refractivity contribution in [2.45, 2.75) is 32.2 Å². The van der Waals surface area contributed by atoms with E-state index in [9.17, 15) is 14.4 Å². The Bertz CT molecular complexity index is 1710. The number of nitrogen functional groups attached to an aromatic ring is 1. The Morgan fingerprint density at radius 2 is 1.95 bits per heavy atom. The number of ether oxygens (including phenoxy) is 1. The Kier molecular flexibility index (Phi) is 8.84. The molecule has 5 N–H and O–H groups in total. The van der Waals surface area contributed by atoms with E-state index in [1.54, 1.807) is 42.6 Å². The van der Waals surface area contributed by atoms with Gasteiger partial charge in [0.15, 0.2) is 0 Å². The van der Waals surface area contributed by atoms with Gasteiger partial charge in [-0.15, -0.1) is 0 Å². The highest BCUT2D eigenvalue weighted by Crippen LogP contribution is 2.34. The van der Waals surface area contributed by atoms with Crippen LogP contribution in [0, 0.1) is 5.92 Å². The van der Waals surface area contributed by atoms with Gasteiger partial charge in [-0.3, -0.25) is 19.9 Å². The Morgan fingerprint density at radius 1 is 1.14 bits per heavy atom. The summed E-state index contributed by atoms with van der Waals surface area (Å²) < 4.78 is 6.06. The minimum atomic E-state index is -0.626. The van der Waals surface area contributed by atoms with Gasteiger partial charge < -0.3 is 21.1 Å². The molecule has 2 aromatic heterocycles. The van der Waals surface area contributed by atoms with E-state index in [2.05, 4.69) is 26.0 Å². The number of aromatic nitrogens is 3. The second kappa shape index (κ2) is 12.7. The molecule has 5 rings (SSSR count). The molecule has 2 atom stereocenters. The van der Waals surface area contributed by atoms with Crippen molar-refractivity contribution in [2.24, 2.45) is 5.92 Å². The number of anilines is 3. The maximum absolute atomic E-state index is 13.5. The van der Waals surface area contributed by atoms with Crippen LogP contribution >= 0.6 is 23.2 Å². The molecule has 0 radical (unpaired) electrons. The van der Waals surface area contributed by atoms with Crippen LogP contribution in [-0.2, 0) is 9.53 Å². The lowest BCUT2D eigenvalue weighted by atomic mass is 9.95. The number of hydrogen-bond donors (Lipinski definition) is 4. The van der Waals surface area contributed by atoms with Gasteiger partial charge >= 0.3 is 6.09 Å². The van der Waals surface area contributed by atoms with Gasteiger partial charge in [-0.05, 0) is 54.8 Å². The van der Waals surface area contributed by atoms with E-state index in [0.717, 1.165) is 5.56 Å². The molecule has 0 aliphatic carbocycles. The van der Waals surface area contributed by atoms with Crippen LogP contribution < -0.4 is 21.7 Å². The summed E-state index contributed by atoms with van der Waals surface area (Å²) in [7, 11) is 1.27. The van der Waals surface area contributed by atoms with E-state index in [1.165, 1.54) is 18.0 Å². The first-order valence-electron chi connectivity index (χ1n) is 13.5. The van der Waals surface area contributed by atoms with Crippen molar-refractivity contribution in [3.05, 3.63) is 82.2 Å². The molecule has 0 saturated heterocycles. The molecule has 3 amide bonds. The number of amides is 3. The topological polar surface area (TPSA) is 153 Å². The van der Waals surface area contributed by atoms with Gasteiger partial charge in [-0.25, -0.2) is 9.48 Å². The molecule has 0 spiro atoms. The molecule has 3 heterocycles. The lowest BCUT2D eigenvalue weighted by Gasteiger charge is -2.22. The second-order valence-electron chi connectivity index (χ2n) is 10.1. The quantitative estimate of drug-likeness (QED) is 0.210.